The maximum Gasteiger partial charge on any atom is 0.312 e. The fourth-order valence-electron chi connectivity index (χ4n) is 11.5. The molecule has 4 aliphatic rings. The Kier molecular flexibility index (Phi) is 9.25. The van der Waals surface area contributed by atoms with Gasteiger partial charge in [0.25, 0.3) is 0 Å². The van der Waals surface area contributed by atoms with Crippen LogP contribution >= 0.6 is 0 Å². The van der Waals surface area contributed by atoms with Crippen LogP contribution in [0.25, 0.3) is 0 Å². The third kappa shape index (κ3) is 6.24. The van der Waals surface area contributed by atoms with E-state index in [0.29, 0.717) is 25.7 Å². The summed E-state index contributed by atoms with van der Waals surface area (Å²) in [4.78, 5) is 14.5. The van der Waals surface area contributed by atoms with Crippen LogP contribution in [-0.2, 0) is 46.4 Å². The molecule has 272 valence electrons. The summed E-state index contributed by atoms with van der Waals surface area (Å²) in [6.45, 7) is 11.1. The van der Waals surface area contributed by atoms with Gasteiger partial charge in [-0.2, -0.15) is 0 Å². The van der Waals surface area contributed by atoms with E-state index in [1.165, 1.54) is 33.4 Å². The van der Waals surface area contributed by atoms with Gasteiger partial charge in [0.1, 0.15) is 24.7 Å². The fraction of sp³-hybridized carbons (Fsp3) is 0.479. The van der Waals surface area contributed by atoms with E-state index in [-0.39, 0.29) is 28.1 Å². The van der Waals surface area contributed by atoms with Crippen LogP contribution in [0.3, 0.4) is 0 Å². The zero-order valence-corrected chi connectivity index (χ0v) is 31.7. The molecule has 4 aliphatic carbocycles. The van der Waals surface area contributed by atoms with Gasteiger partial charge in [-0.15, -0.1) is 0 Å². The van der Waals surface area contributed by atoms with Gasteiger partial charge in [-0.25, -0.2) is 0 Å². The summed E-state index contributed by atoms with van der Waals surface area (Å²) in [5, 5.41) is 0. The van der Waals surface area contributed by atoms with Crippen molar-refractivity contribution in [2.45, 2.75) is 116 Å². The van der Waals surface area contributed by atoms with E-state index in [1.54, 1.807) is 0 Å². The van der Waals surface area contributed by atoms with Crippen LogP contribution in [0, 0.1) is 22.7 Å². The molecule has 6 atom stereocenters. The molecule has 0 spiro atoms. The van der Waals surface area contributed by atoms with Gasteiger partial charge in [-0.3, -0.25) is 4.79 Å². The number of aryl methyl sites for hydroxylation is 2. The average molecular weight is 697 g/mol. The molecule has 4 nitrogen and oxygen atoms in total. The summed E-state index contributed by atoms with van der Waals surface area (Å²) in [6, 6.07) is 34.2. The number of esters is 1. The smallest absolute Gasteiger partial charge is 0.312 e. The molecule has 0 bridgehead atoms. The predicted octanol–water partition coefficient (Wildman–Crippen LogP) is 11.1. The van der Waals surface area contributed by atoms with Crippen molar-refractivity contribution in [3.05, 3.63) is 130 Å². The average Bonchev–Trinajstić information content (AvgIpc) is 3.16. The van der Waals surface area contributed by atoms with Crippen molar-refractivity contribution in [1.82, 2.24) is 0 Å². The third-order valence-electron chi connectivity index (χ3n) is 14.3. The minimum absolute atomic E-state index is 0.0182. The van der Waals surface area contributed by atoms with Crippen molar-refractivity contribution in [3.8, 4) is 11.5 Å². The van der Waals surface area contributed by atoms with Gasteiger partial charge in [0, 0.05) is 5.41 Å². The van der Waals surface area contributed by atoms with Crippen molar-refractivity contribution in [2.75, 3.05) is 6.61 Å². The Morgan fingerprint density at radius 3 is 1.67 bits per heavy atom. The second kappa shape index (κ2) is 13.7. The van der Waals surface area contributed by atoms with Crippen molar-refractivity contribution in [3.63, 3.8) is 0 Å². The number of hydrogen-bond donors (Lipinski definition) is 0. The van der Waals surface area contributed by atoms with Crippen molar-refractivity contribution >= 4 is 5.97 Å². The Bertz CT molecular complexity index is 1900. The van der Waals surface area contributed by atoms with Crippen LogP contribution in [0.2, 0.25) is 0 Å². The number of carbonyl (C=O) groups is 1. The van der Waals surface area contributed by atoms with E-state index in [2.05, 4.69) is 113 Å². The SMILES string of the molecule is CC1(COC(=O)C2(C)CCCC3(C)c4cc(OCc5ccccc5)ccc4CCC23)CCCC2(C)c3cc(OCc4ccccc4)ccc3CCC12. The fourth-order valence-corrected chi connectivity index (χ4v) is 11.5. The zero-order chi connectivity index (χ0) is 36.0. The molecule has 0 N–H and O–H groups in total. The topological polar surface area (TPSA) is 44.8 Å². The lowest BCUT2D eigenvalue weighted by Gasteiger charge is -2.56. The number of carbonyl (C=O) groups excluding carboxylic acids is 1. The highest BCUT2D eigenvalue weighted by atomic mass is 16.5. The number of benzene rings is 4. The van der Waals surface area contributed by atoms with Crippen LogP contribution in [0.1, 0.15) is 112 Å². The Morgan fingerprint density at radius 2 is 1.12 bits per heavy atom. The molecule has 4 aromatic carbocycles. The highest BCUT2D eigenvalue weighted by molar-refractivity contribution is 5.77. The molecule has 6 unspecified atom stereocenters. The van der Waals surface area contributed by atoms with E-state index in [9.17, 15) is 4.79 Å². The minimum atomic E-state index is -0.510. The van der Waals surface area contributed by atoms with Gasteiger partial charge in [-0.05, 0) is 139 Å². The van der Waals surface area contributed by atoms with Crippen LogP contribution in [0.15, 0.2) is 97.1 Å². The maximum atomic E-state index is 14.5. The molecule has 2 fully saturated rings. The zero-order valence-electron chi connectivity index (χ0n) is 31.7. The first kappa shape index (κ1) is 35.0. The molecule has 0 aromatic heterocycles. The van der Waals surface area contributed by atoms with E-state index >= 15 is 0 Å². The Balaban J connectivity index is 0.979. The quantitative estimate of drug-likeness (QED) is 0.163. The van der Waals surface area contributed by atoms with Crippen LogP contribution in [0.4, 0.5) is 0 Å². The molecule has 4 aromatic rings. The first-order valence-corrected chi connectivity index (χ1v) is 19.9. The summed E-state index contributed by atoms with van der Waals surface area (Å²) in [5.41, 5.74) is 7.37. The molecule has 8 rings (SSSR count). The van der Waals surface area contributed by atoms with Gasteiger partial charge < -0.3 is 14.2 Å². The van der Waals surface area contributed by atoms with Crippen molar-refractivity contribution in [2.24, 2.45) is 22.7 Å². The van der Waals surface area contributed by atoms with Gasteiger partial charge in [0.05, 0.1) is 12.0 Å². The summed E-state index contributed by atoms with van der Waals surface area (Å²) >= 11 is 0. The Hall–Kier alpha value is -4.05. The van der Waals surface area contributed by atoms with E-state index in [1.807, 2.05) is 12.1 Å². The standard InChI is InChI=1S/C48H56O4/c1-45(25-11-26-46(2)40-29-38(21-17-36(40)19-23-42(45)46)50-31-34-13-7-5-8-14-34)33-52-44(49)48(4)28-12-27-47(3)41-30-39(22-18-37(41)20-24-43(47)48)51-32-35-15-9-6-10-16-35/h5-10,13-18,21-22,29-30,42-43H,11-12,19-20,23-28,31-33H2,1-4H3. The van der Waals surface area contributed by atoms with E-state index in [0.717, 1.165) is 75.7 Å². The summed E-state index contributed by atoms with van der Waals surface area (Å²) in [7, 11) is 0. The molecular formula is C48H56O4. The lowest BCUT2D eigenvalue weighted by Crippen LogP contribution is -2.54. The van der Waals surface area contributed by atoms with Crippen LogP contribution in [-0.4, -0.2) is 12.6 Å². The van der Waals surface area contributed by atoms with Crippen LogP contribution in [0.5, 0.6) is 11.5 Å². The lowest BCUT2D eigenvalue weighted by atomic mass is 9.49. The first-order chi connectivity index (χ1) is 25.1. The summed E-state index contributed by atoms with van der Waals surface area (Å²) in [6.07, 6.45) is 10.6. The van der Waals surface area contributed by atoms with Crippen molar-refractivity contribution < 1.29 is 19.0 Å². The summed E-state index contributed by atoms with van der Waals surface area (Å²) in [5.74, 6) is 2.55. The monoisotopic (exact) mass is 696 g/mol. The number of hydrogen-bond acceptors (Lipinski definition) is 4. The van der Waals surface area contributed by atoms with Gasteiger partial charge in [0.2, 0.25) is 0 Å². The number of rotatable bonds is 9. The largest absolute Gasteiger partial charge is 0.489 e. The normalized spacial score (nSPS) is 30.5. The highest BCUT2D eigenvalue weighted by Gasteiger charge is 2.57. The van der Waals surface area contributed by atoms with Gasteiger partial charge in [0.15, 0.2) is 0 Å². The molecular weight excluding hydrogens is 641 g/mol. The Morgan fingerprint density at radius 1 is 0.615 bits per heavy atom. The van der Waals surface area contributed by atoms with Gasteiger partial charge in [-0.1, -0.05) is 106 Å². The molecule has 0 radical (unpaired) electrons. The van der Waals surface area contributed by atoms with E-state index in [4.69, 9.17) is 14.2 Å². The number of fused-ring (bicyclic) bond motifs is 6. The molecule has 4 heteroatoms. The third-order valence-corrected chi connectivity index (χ3v) is 14.3. The molecule has 0 aliphatic heterocycles. The molecule has 0 heterocycles. The summed E-state index contributed by atoms with van der Waals surface area (Å²) < 4.78 is 19.3. The highest BCUT2D eigenvalue weighted by Crippen LogP contribution is 2.60. The second-order valence-electron chi connectivity index (χ2n) is 17.6. The van der Waals surface area contributed by atoms with Crippen molar-refractivity contribution in [1.29, 1.82) is 0 Å². The molecule has 0 saturated heterocycles. The molecule has 52 heavy (non-hydrogen) atoms. The maximum absolute atomic E-state index is 14.5. The van der Waals surface area contributed by atoms with E-state index < -0.39 is 5.41 Å². The minimum Gasteiger partial charge on any atom is -0.489 e. The van der Waals surface area contributed by atoms with Gasteiger partial charge >= 0.3 is 5.97 Å². The number of ether oxygens (including phenoxy) is 3. The lowest BCUT2D eigenvalue weighted by molar-refractivity contribution is -0.171. The second-order valence-corrected chi connectivity index (χ2v) is 17.6. The predicted molar refractivity (Wildman–Crippen MR) is 208 cm³/mol. The molecule has 2 saturated carbocycles. The first-order valence-electron chi connectivity index (χ1n) is 19.9. The molecule has 0 amide bonds. The Labute approximate surface area is 311 Å². The van der Waals surface area contributed by atoms with Crippen LogP contribution < -0.4 is 9.47 Å².